The van der Waals surface area contributed by atoms with Gasteiger partial charge >= 0.3 is 0 Å². The summed E-state index contributed by atoms with van der Waals surface area (Å²) in [6.07, 6.45) is 6.35. The van der Waals surface area contributed by atoms with Gasteiger partial charge in [-0.2, -0.15) is 0 Å². The van der Waals surface area contributed by atoms with Gasteiger partial charge in [-0.15, -0.1) is 0 Å². The second-order valence-electron chi connectivity index (χ2n) is 5.07. The number of nitrogens with one attached hydrogen (secondary N) is 1. The molecule has 1 heterocycles. The van der Waals surface area contributed by atoms with Gasteiger partial charge in [-0.1, -0.05) is 18.9 Å². The van der Waals surface area contributed by atoms with E-state index in [1.807, 2.05) is 6.07 Å². The van der Waals surface area contributed by atoms with Crippen LogP contribution in [-0.4, -0.2) is 6.54 Å². The molecule has 1 saturated carbocycles. The van der Waals surface area contributed by atoms with Gasteiger partial charge in [-0.25, -0.2) is 4.39 Å². The molecule has 1 aliphatic carbocycles. The first-order valence-corrected chi connectivity index (χ1v) is 6.36. The van der Waals surface area contributed by atoms with E-state index in [1.165, 1.54) is 36.8 Å². The Labute approximate surface area is 96.1 Å². The second-order valence-corrected chi connectivity index (χ2v) is 5.07. The molecule has 0 bridgehead atoms. The summed E-state index contributed by atoms with van der Waals surface area (Å²) in [5.74, 6) is 0.676. The summed E-state index contributed by atoms with van der Waals surface area (Å²) in [6, 6.07) is 5.79. The van der Waals surface area contributed by atoms with Crippen molar-refractivity contribution in [2.24, 2.45) is 5.92 Å². The molecule has 0 saturated heterocycles. The first-order valence-electron chi connectivity index (χ1n) is 6.36. The van der Waals surface area contributed by atoms with Crippen molar-refractivity contribution in [2.75, 3.05) is 6.54 Å². The Bertz CT molecular complexity index is 382. The van der Waals surface area contributed by atoms with Gasteiger partial charge in [0.1, 0.15) is 5.82 Å². The van der Waals surface area contributed by atoms with Crippen LogP contribution in [0.4, 0.5) is 4.39 Å². The number of hydrogen-bond acceptors (Lipinski definition) is 1. The third-order valence-corrected chi connectivity index (χ3v) is 4.07. The Kier molecular flexibility index (Phi) is 2.68. The molecule has 1 N–H and O–H groups in total. The summed E-state index contributed by atoms with van der Waals surface area (Å²) in [7, 11) is 0. The third kappa shape index (κ3) is 1.75. The maximum atomic E-state index is 13.2. The second kappa shape index (κ2) is 4.17. The minimum atomic E-state index is -0.0918. The van der Waals surface area contributed by atoms with Gasteiger partial charge in [0.15, 0.2) is 0 Å². The van der Waals surface area contributed by atoms with Crippen molar-refractivity contribution < 1.29 is 4.39 Å². The van der Waals surface area contributed by atoms with Gasteiger partial charge in [0.25, 0.3) is 0 Å². The van der Waals surface area contributed by atoms with Crippen LogP contribution in [0.1, 0.15) is 42.9 Å². The largest absolute Gasteiger partial charge is 0.309 e. The van der Waals surface area contributed by atoms with Gasteiger partial charge in [-0.3, -0.25) is 0 Å². The molecule has 1 nitrogen and oxygen atoms in total. The summed E-state index contributed by atoms with van der Waals surface area (Å²) >= 11 is 0. The number of halogens is 1. The number of rotatable bonds is 1. The zero-order valence-electron chi connectivity index (χ0n) is 9.51. The Balaban J connectivity index is 1.93. The van der Waals surface area contributed by atoms with E-state index in [4.69, 9.17) is 0 Å². The highest BCUT2D eigenvalue weighted by Gasteiger charge is 2.29. The summed E-state index contributed by atoms with van der Waals surface area (Å²) in [6.45, 7) is 0.998. The Morgan fingerprint density at radius 3 is 2.81 bits per heavy atom. The van der Waals surface area contributed by atoms with Gasteiger partial charge in [0, 0.05) is 6.04 Å². The molecule has 2 heteroatoms. The molecule has 0 spiro atoms. The monoisotopic (exact) mass is 219 g/mol. The fourth-order valence-corrected chi connectivity index (χ4v) is 3.28. The molecule has 1 fully saturated rings. The first kappa shape index (κ1) is 10.3. The van der Waals surface area contributed by atoms with E-state index in [2.05, 4.69) is 5.32 Å². The van der Waals surface area contributed by atoms with Crippen molar-refractivity contribution in [3.63, 3.8) is 0 Å². The average Bonchev–Trinajstić information content (AvgIpc) is 2.81. The van der Waals surface area contributed by atoms with Crippen LogP contribution in [0.25, 0.3) is 0 Å². The summed E-state index contributed by atoms with van der Waals surface area (Å²) in [5.41, 5.74) is 2.57. The molecule has 2 aliphatic rings. The number of benzene rings is 1. The van der Waals surface area contributed by atoms with E-state index in [1.54, 1.807) is 12.1 Å². The zero-order chi connectivity index (χ0) is 11.0. The Hall–Kier alpha value is -0.890. The molecule has 1 aromatic carbocycles. The van der Waals surface area contributed by atoms with Gasteiger partial charge in [-0.05, 0) is 55.0 Å². The van der Waals surface area contributed by atoms with E-state index in [0.29, 0.717) is 6.04 Å². The minimum Gasteiger partial charge on any atom is -0.309 e. The SMILES string of the molecule is Fc1ccc2c(c1)CCNC2C1CCCC1. The van der Waals surface area contributed by atoms with Crippen LogP contribution >= 0.6 is 0 Å². The predicted octanol–water partition coefficient (Wildman–Crippen LogP) is 3.20. The lowest BCUT2D eigenvalue weighted by Crippen LogP contribution is -2.34. The van der Waals surface area contributed by atoms with Crippen LogP contribution in [0, 0.1) is 11.7 Å². The third-order valence-electron chi connectivity index (χ3n) is 4.07. The number of hydrogen-bond donors (Lipinski definition) is 1. The molecule has 1 unspecified atom stereocenters. The molecule has 0 aromatic heterocycles. The lowest BCUT2D eigenvalue weighted by atomic mass is 9.85. The van der Waals surface area contributed by atoms with Gasteiger partial charge in [0.05, 0.1) is 0 Å². The van der Waals surface area contributed by atoms with E-state index >= 15 is 0 Å². The average molecular weight is 219 g/mol. The smallest absolute Gasteiger partial charge is 0.123 e. The van der Waals surface area contributed by atoms with E-state index in [-0.39, 0.29) is 5.82 Å². The maximum absolute atomic E-state index is 13.2. The fraction of sp³-hybridized carbons (Fsp3) is 0.571. The molecular weight excluding hydrogens is 201 g/mol. The summed E-state index contributed by atoms with van der Waals surface area (Å²) in [4.78, 5) is 0. The van der Waals surface area contributed by atoms with Crippen LogP contribution in [0.15, 0.2) is 18.2 Å². The Morgan fingerprint density at radius 2 is 2.00 bits per heavy atom. The standard InChI is InChI=1S/C14H18FN/c15-12-5-6-13-11(9-12)7-8-16-14(13)10-3-1-2-4-10/h5-6,9-10,14,16H,1-4,7-8H2. The van der Waals surface area contributed by atoms with Gasteiger partial charge in [0.2, 0.25) is 0 Å². The fourth-order valence-electron chi connectivity index (χ4n) is 3.28. The van der Waals surface area contributed by atoms with E-state index < -0.39 is 0 Å². The molecule has 1 atom stereocenters. The van der Waals surface area contributed by atoms with Crippen LogP contribution in [0.2, 0.25) is 0 Å². The normalized spacial score (nSPS) is 25.7. The molecule has 1 aliphatic heterocycles. The van der Waals surface area contributed by atoms with Crippen molar-refractivity contribution in [2.45, 2.75) is 38.1 Å². The molecule has 3 rings (SSSR count). The highest BCUT2D eigenvalue weighted by molar-refractivity contribution is 5.33. The minimum absolute atomic E-state index is 0.0918. The summed E-state index contributed by atoms with van der Waals surface area (Å²) < 4.78 is 13.2. The molecular formula is C14H18FN. The van der Waals surface area contributed by atoms with Crippen LogP contribution in [-0.2, 0) is 6.42 Å². The first-order chi connectivity index (χ1) is 7.84. The zero-order valence-corrected chi connectivity index (χ0v) is 9.51. The molecule has 1 aromatic rings. The van der Waals surface area contributed by atoms with E-state index in [9.17, 15) is 4.39 Å². The lowest BCUT2D eigenvalue weighted by Gasteiger charge is -2.31. The molecule has 0 amide bonds. The van der Waals surface area contributed by atoms with E-state index in [0.717, 1.165) is 18.9 Å². The van der Waals surface area contributed by atoms with Crippen molar-refractivity contribution in [1.82, 2.24) is 5.32 Å². The molecule has 86 valence electrons. The van der Waals surface area contributed by atoms with Crippen molar-refractivity contribution in [3.8, 4) is 0 Å². The van der Waals surface area contributed by atoms with Crippen molar-refractivity contribution in [1.29, 1.82) is 0 Å². The predicted molar refractivity (Wildman–Crippen MR) is 62.8 cm³/mol. The topological polar surface area (TPSA) is 12.0 Å². The Morgan fingerprint density at radius 1 is 1.19 bits per heavy atom. The molecule has 0 radical (unpaired) electrons. The van der Waals surface area contributed by atoms with Crippen molar-refractivity contribution in [3.05, 3.63) is 35.1 Å². The summed E-state index contributed by atoms with van der Waals surface area (Å²) in [5, 5.41) is 3.61. The van der Waals surface area contributed by atoms with Crippen LogP contribution in [0.5, 0.6) is 0 Å². The quantitative estimate of drug-likeness (QED) is 0.764. The van der Waals surface area contributed by atoms with Gasteiger partial charge < -0.3 is 5.32 Å². The highest BCUT2D eigenvalue weighted by atomic mass is 19.1. The van der Waals surface area contributed by atoms with Crippen molar-refractivity contribution >= 4 is 0 Å². The number of fused-ring (bicyclic) bond motifs is 1. The maximum Gasteiger partial charge on any atom is 0.123 e. The van der Waals surface area contributed by atoms with Crippen LogP contribution in [0.3, 0.4) is 0 Å². The van der Waals surface area contributed by atoms with Crippen LogP contribution < -0.4 is 5.32 Å². The lowest BCUT2D eigenvalue weighted by molar-refractivity contribution is 0.353. The molecule has 16 heavy (non-hydrogen) atoms. The highest BCUT2D eigenvalue weighted by Crippen LogP contribution is 2.38.